The molecule has 0 amide bonds. The molecule has 0 bridgehead atoms. The zero-order chi connectivity index (χ0) is 18.6. The Kier molecular flexibility index (Phi) is 5.32. The largest absolute Gasteiger partial charge is 0.508 e. The number of fused-ring (bicyclic) bond motifs is 1. The molecule has 0 saturated heterocycles. The fraction of sp³-hybridized carbons (Fsp3) is 0.227. The average Bonchev–Trinajstić information content (AvgIpc) is 3.11. The van der Waals surface area contributed by atoms with Crippen LogP contribution in [0.15, 0.2) is 60.8 Å². The molecule has 1 aromatic heterocycles. The van der Waals surface area contributed by atoms with Gasteiger partial charge in [0.25, 0.3) is 0 Å². The summed E-state index contributed by atoms with van der Waals surface area (Å²) in [5.41, 5.74) is 4.47. The maximum absolute atomic E-state index is 12.7. The second kappa shape index (κ2) is 8.03. The molecule has 2 heterocycles. The molecule has 5 heteroatoms. The lowest BCUT2D eigenvalue weighted by Gasteiger charge is -2.23. The van der Waals surface area contributed by atoms with Crippen LogP contribution in [0.25, 0.3) is 16.5 Å². The Bertz CT molecular complexity index is 993. The van der Waals surface area contributed by atoms with E-state index >= 15 is 0 Å². The van der Waals surface area contributed by atoms with Gasteiger partial charge in [-0.05, 0) is 41.3 Å². The van der Waals surface area contributed by atoms with Crippen LogP contribution in [0.2, 0.25) is 0 Å². The second-order valence-electron chi connectivity index (χ2n) is 6.76. The van der Waals surface area contributed by atoms with E-state index in [1.54, 1.807) is 23.9 Å². The zero-order valence-electron chi connectivity index (χ0n) is 14.9. The third-order valence-electron chi connectivity index (χ3n) is 4.92. The molecule has 0 spiro atoms. The van der Waals surface area contributed by atoms with Gasteiger partial charge < -0.3 is 15.4 Å². The number of Topliss-reactive ketones (excluding diaryl/α,β-unsaturated/α-hetero) is 1. The van der Waals surface area contributed by atoms with Crippen molar-refractivity contribution >= 4 is 34.0 Å². The van der Waals surface area contributed by atoms with Gasteiger partial charge in [-0.1, -0.05) is 36.4 Å². The van der Waals surface area contributed by atoms with Crippen molar-refractivity contribution in [2.24, 2.45) is 0 Å². The Labute approximate surface area is 162 Å². The van der Waals surface area contributed by atoms with Gasteiger partial charge in [-0.3, -0.25) is 4.79 Å². The summed E-state index contributed by atoms with van der Waals surface area (Å²) < 4.78 is 0. The number of carbonyl (C=O) groups is 1. The third-order valence-corrected chi connectivity index (χ3v) is 5.92. The van der Waals surface area contributed by atoms with Crippen molar-refractivity contribution in [3.05, 3.63) is 71.9 Å². The Morgan fingerprint density at radius 3 is 2.96 bits per heavy atom. The minimum absolute atomic E-state index is 0.164. The molecule has 1 unspecified atom stereocenters. The monoisotopic (exact) mass is 378 g/mol. The van der Waals surface area contributed by atoms with Crippen LogP contribution in [-0.4, -0.2) is 34.2 Å². The van der Waals surface area contributed by atoms with E-state index in [9.17, 15) is 9.90 Å². The summed E-state index contributed by atoms with van der Waals surface area (Å²) in [5, 5.41) is 14.2. The van der Waals surface area contributed by atoms with Gasteiger partial charge in [0.1, 0.15) is 5.75 Å². The molecule has 1 aliphatic heterocycles. The van der Waals surface area contributed by atoms with Crippen LogP contribution in [0, 0.1) is 0 Å². The molecule has 4 rings (SSSR count). The van der Waals surface area contributed by atoms with Crippen LogP contribution in [0.1, 0.15) is 17.5 Å². The van der Waals surface area contributed by atoms with Crippen molar-refractivity contribution in [3.63, 3.8) is 0 Å². The van der Waals surface area contributed by atoms with Crippen molar-refractivity contribution in [2.45, 2.75) is 18.2 Å². The number of nitrogens with one attached hydrogen (secondary N) is 2. The number of rotatable bonds is 6. The normalized spacial score (nSPS) is 17.0. The predicted molar refractivity (Wildman–Crippen MR) is 112 cm³/mol. The van der Waals surface area contributed by atoms with Crippen molar-refractivity contribution in [1.82, 2.24) is 10.3 Å². The summed E-state index contributed by atoms with van der Waals surface area (Å²) in [5.74, 6) is 1.79. The highest BCUT2D eigenvalue weighted by molar-refractivity contribution is 7.99. The van der Waals surface area contributed by atoms with E-state index in [2.05, 4.69) is 28.5 Å². The molecule has 1 atom stereocenters. The van der Waals surface area contributed by atoms with E-state index in [1.165, 1.54) is 10.9 Å². The fourth-order valence-electron chi connectivity index (χ4n) is 3.48. The Morgan fingerprint density at radius 2 is 2.07 bits per heavy atom. The standard InChI is InChI=1S/C22H22N2O2S/c25-18-5-3-4-15(10-18)16-8-9-23-21(11-16)22(26)14-27-13-17-12-24-20-7-2-1-6-19(17)20/h1-8,10,12,21,23-25H,9,11,13-14H2. The predicted octanol–water partition coefficient (Wildman–Crippen LogP) is 4.12. The number of ketones is 1. The van der Waals surface area contributed by atoms with Gasteiger partial charge in [-0.2, -0.15) is 0 Å². The molecule has 3 N–H and O–H groups in total. The molecular formula is C22H22N2O2S. The number of benzene rings is 2. The van der Waals surface area contributed by atoms with Crippen molar-refractivity contribution in [3.8, 4) is 5.75 Å². The van der Waals surface area contributed by atoms with Crippen LogP contribution >= 0.6 is 11.8 Å². The number of hydrogen-bond donors (Lipinski definition) is 3. The van der Waals surface area contributed by atoms with E-state index in [0.29, 0.717) is 18.7 Å². The molecule has 2 aromatic carbocycles. The van der Waals surface area contributed by atoms with E-state index in [-0.39, 0.29) is 17.6 Å². The van der Waals surface area contributed by atoms with Crippen LogP contribution < -0.4 is 5.32 Å². The minimum Gasteiger partial charge on any atom is -0.508 e. The van der Waals surface area contributed by atoms with Gasteiger partial charge in [0.05, 0.1) is 11.8 Å². The van der Waals surface area contributed by atoms with Gasteiger partial charge >= 0.3 is 0 Å². The number of aromatic nitrogens is 1. The summed E-state index contributed by atoms with van der Waals surface area (Å²) in [6.45, 7) is 0.675. The van der Waals surface area contributed by atoms with Gasteiger partial charge in [0.15, 0.2) is 5.78 Å². The highest BCUT2D eigenvalue weighted by Crippen LogP contribution is 2.27. The molecule has 0 saturated carbocycles. The average molecular weight is 378 g/mol. The number of aromatic amines is 1. The molecule has 3 aromatic rings. The van der Waals surface area contributed by atoms with E-state index < -0.39 is 0 Å². The van der Waals surface area contributed by atoms with Crippen molar-refractivity contribution < 1.29 is 9.90 Å². The zero-order valence-corrected chi connectivity index (χ0v) is 15.8. The van der Waals surface area contributed by atoms with Gasteiger partial charge in [0, 0.05) is 29.4 Å². The summed E-state index contributed by atoms with van der Waals surface area (Å²) in [4.78, 5) is 15.9. The number of H-pyrrole nitrogens is 1. The van der Waals surface area contributed by atoms with Crippen LogP contribution in [0.4, 0.5) is 0 Å². The smallest absolute Gasteiger partial charge is 0.159 e. The topological polar surface area (TPSA) is 65.1 Å². The highest BCUT2D eigenvalue weighted by Gasteiger charge is 2.22. The Morgan fingerprint density at radius 1 is 1.19 bits per heavy atom. The molecule has 0 fully saturated rings. The molecule has 0 aliphatic carbocycles. The van der Waals surface area contributed by atoms with Gasteiger partial charge in [0.2, 0.25) is 0 Å². The molecule has 27 heavy (non-hydrogen) atoms. The lowest BCUT2D eigenvalue weighted by Crippen LogP contribution is -2.40. The van der Waals surface area contributed by atoms with Crippen molar-refractivity contribution in [1.29, 1.82) is 0 Å². The molecule has 1 aliphatic rings. The van der Waals surface area contributed by atoms with Gasteiger partial charge in [-0.15, -0.1) is 11.8 Å². The first-order valence-electron chi connectivity index (χ1n) is 9.08. The number of phenolic OH excluding ortho intramolecular Hbond substituents is 1. The van der Waals surface area contributed by atoms with E-state index in [1.807, 2.05) is 30.5 Å². The van der Waals surface area contributed by atoms with Gasteiger partial charge in [-0.25, -0.2) is 0 Å². The maximum atomic E-state index is 12.7. The lowest BCUT2D eigenvalue weighted by atomic mass is 9.93. The number of phenols is 1. The summed E-state index contributed by atoms with van der Waals surface area (Å²) in [7, 11) is 0. The Hall–Kier alpha value is -2.50. The SMILES string of the molecule is O=C(CSCc1c[nH]c2ccccc12)C1CC(c2cccc(O)c2)=CCN1. The van der Waals surface area contributed by atoms with E-state index in [0.717, 1.165) is 22.4 Å². The molecule has 138 valence electrons. The number of para-hydroxylation sites is 1. The number of hydrogen-bond acceptors (Lipinski definition) is 4. The fourth-order valence-corrected chi connectivity index (χ4v) is 4.45. The number of aromatic hydroxyl groups is 1. The number of carbonyl (C=O) groups excluding carboxylic acids is 1. The quantitative estimate of drug-likeness (QED) is 0.604. The Balaban J connectivity index is 1.34. The van der Waals surface area contributed by atoms with Crippen molar-refractivity contribution in [2.75, 3.05) is 12.3 Å². The summed E-state index contributed by atoms with van der Waals surface area (Å²) >= 11 is 1.66. The first kappa shape index (κ1) is 17.9. The number of thioether (sulfide) groups is 1. The first-order chi connectivity index (χ1) is 13.2. The molecule has 4 nitrogen and oxygen atoms in total. The lowest BCUT2D eigenvalue weighted by molar-refractivity contribution is -0.118. The second-order valence-corrected chi connectivity index (χ2v) is 7.75. The van der Waals surface area contributed by atoms with Crippen LogP contribution in [0.5, 0.6) is 5.75 Å². The van der Waals surface area contributed by atoms with E-state index in [4.69, 9.17) is 0 Å². The highest BCUT2D eigenvalue weighted by atomic mass is 32.2. The maximum Gasteiger partial charge on any atom is 0.159 e. The van der Waals surface area contributed by atoms with Crippen LogP contribution in [0.3, 0.4) is 0 Å². The summed E-state index contributed by atoms with van der Waals surface area (Å²) in [6, 6.07) is 15.3. The summed E-state index contributed by atoms with van der Waals surface area (Å²) in [6.07, 6.45) is 4.79. The van der Waals surface area contributed by atoms with Crippen LogP contribution in [-0.2, 0) is 10.5 Å². The minimum atomic E-state index is -0.164. The molecular weight excluding hydrogens is 356 g/mol. The third kappa shape index (κ3) is 4.10. The first-order valence-corrected chi connectivity index (χ1v) is 10.2. The molecule has 0 radical (unpaired) electrons.